The van der Waals surface area contributed by atoms with Gasteiger partial charge in [-0.25, -0.2) is 0 Å². The van der Waals surface area contributed by atoms with Gasteiger partial charge in [0.25, 0.3) is 0 Å². The monoisotopic (exact) mass is 282 g/mol. The van der Waals surface area contributed by atoms with Crippen molar-refractivity contribution in [3.8, 4) is 0 Å². The van der Waals surface area contributed by atoms with Gasteiger partial charge in [-0.15, -0.1) is 0 Å². The number of rotatable bonds is 9. The summed E-state index contributed by atoms with van der Waals surface area (Å²) in [7, 11) is 0. The van der Waals surface area contributed by atoms with Gasteiger partial charge >= 0.3 is 0 Å². The maximum atomic E-state index is 11.9. The summed E-state index contributed by atoms with van der Waals surface area (Å²) in [5.74, 6) is 0.819. The molecule has 2 unspecified atom stereocenters. The molecule has 2 atom stereocenters. The second-order valence-electron chi connectivity index (χ2n) is 6.35. The van der Waals surface area contributed by atoms with E-state index in [2.05, 4.69) is 17.6 Å². The van der Waals surface area contributed by atoms with Gasteiger partial charge in [-0.3, -0.25) is 4.79 Å². The predicted octanol–water partition coefficient (Wildman–Crippen LogP) is 2.23. The second-order valence-corrected chi connectivity index (χ2v) is 6.35. The first-order chi connectivity index (χ1) is 9.78. The Morgan fingerprint density at radius 1 is 1.20 bits per heavy atom. The van der Waals surface area contributed by atoms with Crippen molar-refractivity contribution in [1.29, 1.82) is 0 Å². The van der Waals surface area contributed by atoms with Crippen molar-refractivity contribution in [2.45, 2.75) is 70.4 Å². The third-order valence-corrected chi connectivity index (χ3v) is 4.47. The molecule has 4 heteroatoms. The lowest BCUT2D eigenvalue weighted by Crippen LogP contribution is -2.39. The number of amides is 1. The van der Waals surface area contributed by atoms with Crippen LogP contribution in [0, 0.1) is 5.92 Å². The molecule has 116 valence electrons. The molecule has 0 aromatic carbocycles. The van der Waals surface area contributed by atoms with E-state index in [9.17, 15) is 4.79 Å². The van der Waals surface area contributed by atoms with Crippen LogP contribution in [0.5, 0.6) is 0 Å². The van der Waals surface area contributed by atoms with Crippen LogP contribution in [0.3, 0.4) is 0 Å². The highest BCUT2D eigenvalue weighted by molar-refractivity contribution is 5.76. The summed E-state index contributed by atoms with van der Waals surface area (Å²) in [6.07, 6.45) is 8.92. The molecule has 0 aromatic rings. The van der Waals surface area contributed by atoms with Crippen LogP contribution in [0.1, 0.15) is 58.3 Å². The fourth-order valence-electron chi connectivity index (χ4n) is 3.43. The lowest BCUT2D eigenvalue weighted by atomic mass is 9.89. The number of hydrogen-bond donors (Lipinski definition) is 2. The van der Waals surface area contributed by atoms with Crippen molar-refractivity contribution in [2.75, 3.05) is 19.8 Å². The molecule has 2 N–H and O–H groups in total. The number of unbranched alkanes of at least 4 members (excludes halogenated alkanes) is 1. The number of piperidine rings is 1. The van der Waals surface area contributed by atoms with E-state index < -0.39 is 0 Å². The molecule has 2 heterocycles. The normalized spacial score (nSPS) is 28.6. The van der Waals surface area contributed by atoms with Crippen LogP contribution >= 0.6 is 0 Å². The van der Waals surface area contributed by atoms with Gasteiger partial charge in [-0.05, 0) is 44.4 Å². The molecule has 2 saturated heterocycles. The van der Waals surface area contributed by atoms with E-state index in [-0.39, 0.29) is 5.91 Å². The van der Waals surface area contributed by atoms with E-state index >= 15 is 0 Å². The van der Waals surface area contributed by atoms with Crippen LogP contribution in [0.25, 0.3) is 0 Å². The Bertz CT molecular complexity index is 284. The minimum atomic E-state index is 0.227. The van der Waals surface area contributed by atoms with Crippen molar-refractivity contribution in [3.63, 3.8) is 0 Å². The van der Waals surface area contributed by atoms with Gasteiger partial charge in [0.2, 0.25) is 5.91 Å². The maximum absolute atomic E-state index is 11.9. The SMILES string of the molecule is CCCCOCCCNC(=O)CC1CC2CCC(C1)N2. The molecule has 2 aliphatic heterocycles. The summed E-state index contributed by atoms with van der Waals surface area (Å²) in [5, 5.41) is 6.65. The van der Waals surface area contributed by atoms with Gasteiger partial charge < -0.3 is 15.4 Å². The Kier molecular flexibility index (Phi) is 6.80. The summed E-state index contributed by atoms with van der Waals surface area (Å²) in [5.41, 5.74) is 0. The zero-order chi connectivity index (χ0) is 14.2. The molecule has 2 rings (SSSR count). The molecule has 0 radical (unpaired) electrons. The van der Waals surface area contributed by atoms with Crippen molar-refractivity contribution < 1.29 is 9.53 Å². The first-order valence-electron chi connectivity index (χ1n) is 8.38. The molecule has 1 amide bonds. The number of fused-ring (bicyclic) bond motifs is 2. The number of hydrogen-bond acceptors (Lipinski definition) is 3. The fourth-order valence-corrected chi connectivity index (χ4v) is 3.43. The zero-order valence-corrected chi connectivity index (χ0v) is 12.8. The molecule has 0 saturated carbocycles. The molecule has 4 nitrogen and oxygen atoms in total. The molecule has 0 aromatic heterocycles. The molecular formula is C16H30N2O2. The van der Waals surface area contributed by atoms with Gasteiger partial charge in [0.05, 0.1) is 0 Å². The van der Waals surface area contributed by atoms with E-state index in [0.717, 1.165) is 32.6 Å². The van der Waals surface area contributed by atoms with Gasteiger partial charge in [0.1, 0.15) is 0 Å². The Balaban J connectivity index is 1.48. The highest BCUT2D eigenvalue weighted by Crippen LogP contribution is 2.32. The lowest BCUT2D eigenvalue weighted by Gasteiger charge is -2.28. The average Bonchev–Trinajstić information content (AvgIpc) is 2.77. The highest BCUT2D eigenvalue weighted by Gasteiger charge is 2.33. The van der Waals surface area contributed by atoms with Crippen LogP contribution in [-0.4, -0.2) is 37.7 Å². The fraction of sp³-hybridized carbons (Fsp3) is 0.938. The second kappa shape index (κ2) is 8.63. The van der Waals surface area contributed by atoms with E-state index in [1.54, 1.807) is 0 Å². The highest BCUT2D eigenvalue weighted by atomic mass is 16.5. The maximum Gasteiger partial charge on any atom is 0.220 e. The van der Waals surface area contributed by atoms with Gasteiger partial charge in [-0.1, -0.05) is 13.3 Å². The topological polar surface area (TPSA) is 50.4 Å². The molecule has 20 heavy (non-hydrogen) atoms. The number of carbonyl (C=O) groups excluding carboxylic acids is 1. The first-order valence-corrected chi connectivity index (χ1v) is 8.38. The number of carbonyl (C=O) groups is 1. The molecule has 0 aliphatic carbocycles. The first kappa shape index (κ1) is 15.8. The minimum absolute atomic E-state index is 0.227. The third kappa shape index (κ3) is 5.41. The van der Waals surface area contributed by atoms with E-state index in [1.165, 1.54) is 32.1 Å². The van der Waals surface area contributed by atoms with E-state index in [0.29, 0.717) is 24.4 Å². The van der Waals surface area contributed by atoms with Crippen LogP contribution in [0.15, 0.2) is 0 Å². The van der Waals surface area contributed by atoms with Crippen molar-refractivity contribution >= 4 is 5.91 Å². The van der Waals surface area contributed by atoms with Crippen molar-refractivity contribution in [3.05, 3.63) is 0 Å². The number of nitrogens with one attached hydrogen (secondary N) is 2. The van der Waals surface area contributed by atoms with Crippen LogP contribution in [-0.2, 0) is 9.53 Å². The third-order valence-electron chi connectivity index (χ3n) is 4.47. The minimum Gasteiger partial charge on any atom is -0.381 e. The summed E-state index contributed by atoms with van der Waals surface area (Å²) < 4.78 is 5.48. The molecule has 2 bridgehead atoms. The van der Waals surface area contributed by atoms with Gasteiger partial charge in [-0.2, -0.15) is 0 Å². The molecule has 0 spiro atoms. The summed E-state index contributed by atoms with van der Waals surface area (Å²) >= 11 is 0. The van der Waals surface area contributed by atoms with E-state index in [4.69, 9.17) is 4.74 Å². The molecule has 2 aliphatic rings. The average molecular weight is 282 g/mol. The van der Waals surface area contributed by atoms with Crippen molar-refractivity contribution in [2.24, 2.45) is 5.92 Å². The van der Waals surface area contributed by atoms with Crippen LogP contribution < -0.4 is 10.6 Å². The van der Waals surface area contributed by atoms with Crippen LogP contribution in [0.4, 0.5) is 0 Å². The smallest absolute Gasteiger partial charge is 0.220 e. The summed E-state index contributed by atoms with van der Waals surface area (Å²) in [4.78, 5) is 11.9. The quantitative estimate of drug-likeness (QED) is 0.638. The largest absolute Gasteiger partial charge is 0.381 e. The Hall–Kier alpha value is -0.610. The zero-order valence-electron chi connectivity index (χ0n) is 12.8. The van der Waals surface area contributed by atoms with Crippen LogP contribution in [0.2, 0.25) is 0 Å². The standard InChI is InChI=1S/C16H30N2O2/c1-2-3-8-20-9-4-7-17-16(19)12-13-10-14-5-6-15(11-13)18-14/h13-15,18H,2-12H2,1H3,(H,17,19). The Labute approximate surface area is 123 Å². The summed E-state index contributed by atoms with van der Waals surface area (Å²) in [6, 6.07) is 1.36. The summed E-state index contributed by atoms with van der Waals surface area (Å²) in [6.45, 7) is 4.53. The lowest BCUT2D eigenvalue weighted by molar-refractivity contribution is -0.122. The van der Waals surface area contributed by atoms with Gasteiger partial charge in [0, 0.05) is 38.3 Å². The Morgan fingerprint density at radius 2 is 1.90 bits per heavy atom. The number of ether oxygens (including phenoxy) is 1. The molecular weight excluding hydrogens is 252 g/mol. The molecule has 2 fully saturated rings. The Morgan fingerprint density at radius 3 is 2.60 bits per heavy atom. The van der Waals surface area contributed by atoms with E-state index in [1.807, 2.05) is 0 Å². The van der Waals surface area contributed by atoms with Gasteiger partial charge in [0.15, 0.2) is 0 Å². The predicted molar refractivity (Wildman–Crippen MR) is 80.6 cm³/mol. The van der Waals surface area contributed by atoms with Crippen molar-refractivity contribution in [1.82, 2.24) is 10.6 Å².